The van der Waals surface area contributed by atoms with Crippen molar-refractivity contribution in [1.29, 1.82) is 0 Å². The lowest BCUT2D eigenvalue weighted by Crippen LogP contribution is -2.34. The number of rotatable bonds is 6. The molecule has 1 aliphatic heterocycles. The molecule has 1 aliphatic rings. The van der Waals surface area contributed by atoms with Crippen LogP contribution in [0.15, 0.2) is 72.8 Å². The third kappa shape index (κ3) is 5.26. The molecule has 0 saturated carbocycles. The lowest BCUT2D eigenvalue weighted by Gasteiger charge is -2.20. The van der Waals surface area contributed by atoms with Gasteiger partial charge in [0.25, 0.3) is 5.91 Å². The Labute approximate surface area is 207 Å². The van der Waals surface area contributed by atoms with E-state index in [0.29, 0.717) is 28.2 Å². The summed E-state index contributed by atoms with van der Waals surface area (Å²) in [4.78, 5) is 28.7. The van der Waals surface area contributed by atoms with E-state index in [1.54, 1.807) is 41.1 Å². The highest BCUT2D eigenvalue weighted by Crippen LogP contribution is 2.41. The molecule has 0 atom stereocenters. The van der Waals surface area contributed by atoms with Crippen LogP contribution in [-0.2, 0) is 15.8 Å². The average Bonchev–Trinajstić information content (AvgIpc) is 3.16. The minimum absolute atomic E-state index is 0.0646. The largest absolute Gasteiger partial charge is 0.416 e. The van der Waals surface area contributed by atoms with Crippen molar-refractivity contribution in [3.63, 3.8) is 0 Å². The van der Waals surface area contributed by atoms with Crippen LogP contribution in [0.25, 0.3) is 11.3 Å². The molecule has 2 amide bonds. The highest BCUT2D eigenvalue weighted by molar-refractivity contribution is 6.37. The summed E-state index contributed by atoms with van der Waals surface area (Å²) >= 11 is 0. The quantitative estimate of drug-likeness (QED) is 0.465. The van der Waals surface area contributed by atoms with Crippen LogP contribution in [0, 0.1) is 0 Å². The molecular weight excluding hydrogens is 469 g/mol. The van der Waals surface area contributed by atoms with Crippen LogP contribution in [0.5, 0.6) is 0 Å². The first kappa shape index (κ1) is 25.0. The van der Waals surface area contributed by atoms with Crippen LogP contribution < -0.4 is 15.5 Å². The van der Waals surface area contributed by atoms with Crippen molar-refractivity contribution < 1.29 is 22.8 Å². The van der Waals surface area contributed by atoms with Crippen molar-refractivity contribution in [2.24, 2.45) is 0 Å². The van der Waals surface area contributed by atoms with Gasteiger partial charge in [0.1, 0.15) is 0 Å². The van der Waals surface area contributed by atoms with Gasteiger partial charge in [-0.15, -0.1) is 0 Å². The van der Waals surface area contributed by atoms with Crippen molar-refractivity contribution >= 4 is 40.1 Å². The van der Waals surface area contributed by atoms with Crippen molar-refractivity contribution in [2.45, 2.75) is 6.18 Å². The molecule has 4 rings (SSSR count). The first-order valence-corrected chi connectivity index (χ1v) is 11.2. The topological polar surface area (TPSA) is 64.7 Å². The van der Waals surface area contributed by atoms with E-state index in [9.17, 15) is 22.8 Å². The van der Waals surface area contributed by atoms with E-state index in [1.165, 1.54) is 6.07 Å². The highest BCUT2D eigenvalue weighted by Gasteiger charge is 2.34. The molecule has 186 valence electrons. The van der Waals surface area contributed by atoms with Gasteiger partial charge in [-0.25, -0.2) is 0 Å². The maximum absolute atomic E-state index is 13.2. The number of hydrogen-bond acceptors (Lipinski definition) is 4. The summed E-state index contributed by atoms with van der Waals surface area (Å²) in [5, 5.41) is 5.83. The Morgan fingerprint density at radius 3 is 2.22 bits per heavy atom. The molecule has 36 heavy (non-hydrogen) atoms. The molecule has 3 aromatic rings. The Morgan fingerprint density at radius 2 is 1.61 bits per heavy atom. The Balaban J connectivity index is 1.72. The fraction of sp³-hybridized carbons (Fsp3) is 0.185. The van der Waals surface area contributed by atoms with Gasteiger partial charge >= 0.3 is 6.18 Å². The number of hydrogen-bond donors (Lipinski definition) is 2. The zero-order valence-corrected chi connectivity index (χ0v) is 20.0. The second-order valence-corrected chi connectivity index (χ2v) is 8.69. The number of nitrogens with one attached hydrogen (secondary N) is 2. The van der Waals surface area contributed by atoms with E-state index in [0.717, 1.165) is 12.1 Å². The number of fused-ring (bicyclic) bond motifs is 1. The second kappa shape index (κ2) is 9.87. The van der Waals surface area contributed by atoms with Gasteiger partial charge < -0.3 is 20.4 Å². The van der Waals surface area contributed by atoms with E-state index in [-0.39, 0.29) is 23.7 Å². The van der Waals surface area contributed by atoms with E-state index < -0.39 is 17.6 Å². The van der Waals surface area contributed by atoms with Gasteiger partial charge in [0.05, 0.1) is 23.4 Å². The fourth-order valence-corrected chi connectivity index (χ4v) is 3.91. The van der Waals surface area contributed by atoms with E-state index >= 15 is 0 Å². The normalized spacial score (nSPS) is 14.4. The molecule has 0 fully saturated rings. The molecular formula is C27H25F3N4O2. The number of carbonyl (C=O) groups is 2. The zero-order valence-electron chi connectivity index (χ0n) is 20.0. The highest BCUT2D eigenvalue weighted by atomic mass is 19.4. The smallest absolute Gasteiger partial charge is 0.354 e. The molecule has 9 heteroatoms. The third-order valence-corrected chi connectivity index (χ3v) is 5.75. The van der Waals surface area contributed by atoms with Crippen LogP contribution >= 0.6 is 0 Å². The molecule has 0 radical (unpaired) electrons. The molecule has 0 unspecified atom stereocenters. The predicted molar refractivity (Wildman–Crippen MR) is 135 cm³/mol. The zero-order chi connectivity index (χ0) is 26.0. The lowest BCUT2D eigenvalue weighted by atomic mass is 9.99. The average molecular weight is 495 g/mol. The molecule has 6 nitrogen and oxygen atoms in total. The van der Waals surface area contributed by atoms with Gasteiger partial charge in [0, 0.05) is 29.7 Å². The summed E-state index contributed by atoms with van der Waals surface area (Å²) in [5.41, 5.74) is 2.39. The molecule has 0 spiro atoms. The molecule has 2 N–H and O–H groups in total. The Kier molecular flexibility index (Phi) is 6.85. The molecule has 0 saturated heterocycles. The van der Waals surface area contributed by atoms with Crippen molar-refractivity contribution in [3.8, 4) is 0 Å². The number of carbonyl (C=O) groups excluding carboxylic acids is 2. The number of benzene rings is 3. The summed E-state index contributed by atoms with van der Waals surface area (Å²) in [5.74, 6) is -0.563. The Morgan fingerprint density at radius 1 is 0.944 bits per heavy atom. The fourth-order valence-electron chi connectivity index (χ4n) is 3.91. The van der Waals surface area contributed by atoms with E-state index in [1.807, 2.05) is 44.4 Å². The van der Waals surface area contributed by atoms with Crippen LogP contribution in [0.1, 0.15) is 16.7 Å². The van der Waals surface area contributed by atoms with E-state index in [4.69, 9.17) is 0 Å². The first-order chi connectivity index (χ1) is 17.0. The SMILES string of the molecule is CN(C)CC(=O)N(C)c1ccc(NC(=C2C(=O)Nc3cc(C(F)(F)F)ccc32)c2ccccc2)cc1. The summed E-state index contributed by atoms with van der Waals surface area (Å²) in [6.07, 6.45) is -4.52. The van der Waals surface area contributed by atoms with Gasteiger partial charge in [0.2, 0.25) is 5.91 Å². The summed E-state index contributed by atoms with van der Waals surface area (Å²) in [6, 6.07) is 19.4. The number of anilines is 3. The third-order valence-electron chi connectivity index (χ3n) is 5.75. The molecule has 0 bridgehead atoms. The van der Waals surface area contributed by atoms with Crippen molar-refractivity contribution in [1.82, 2.24) is 4.90 Å². The standard InChI is InChI=1S/C27H25F3N4O2/c1-33(2)16-23(35)34(3)20-12-10-19(11-13-20)31-25(17-7-5-4-6-8-17)24-21-14-9-18(27(28,29)30)15-22(21)32-26(24)36/h4-15,31H,16H2,1-3H3,(H,32,36). The molecule has 0 aromatic heterocycles. The van der Waals surface area contributed by atoms with Gasteiger partial charge in [-0.2, -0.15) is 13.2 Å². The summed E-state index contributed by atoms with van der Waals surface area (Å²) in [6.45, 7) is 0.269. The molecule has 0 aliphatic carbocycles. The minimum atomic E-state index is -4.52. The number of likely N-dealkylation sites (N-methyl/N-ethyl adjacent to an activating group) is 2. The predicted octanol–water partition coefficient (Wildman–Crippen LogP) is 5.16. The van der Waals surface area contributed by atoms with Crippen LogP contribution in [-0.4, -0.2) is 44.4 Å². The maximum Gasteiger partial charge on any atom is 0.416 e. The van der Waals surface area contributed by atoms with E-state index in [2.05, 4.69) is 10.6 Å². The second-order valence-electron chi connectivity index (χ2n) is 8.69. The van der Waals surface area contributed by atoms with Gasteiger partial charge in [0.15, 0.2) is 0 Å². The van der Waals surface area contributed by atoms with Gasteiger partial charge in [-0.1, -0.05) is 36.4 Å². The van der Waals surface area contributed by atoms with Crippen LogP contribution in [0.3, 0.4) is 0 Å². The van der Waals surface area contributed by atoms with Gasteiger partial charge in [-0.3, -0.25) is 9.59 Å². The Hall–Kier alpha value is -4.11. The first-order valence-electron chi connectivity index (χ1n) is 11.2. The van der Waals surface area contributed by atoms with Gasteiger partial charge in [-0.05, 0) is 56.1 Å². The summed E-state index contributed by atoms with van der Waals surface area (Å²) in [7, 11) is 5.33. The maximum atomic E-state index is 13.2. The molecule has 3 aromatic carbocycles. The molecule has 1 heterocycles. The number of amides is 2. The number of nitrogens with zero attached hydrogens (tertiary/aromatic N) is 2. The monoisotopic (exact) mass is 494 g/mol. The minimum Gasteiger partial charge on any atom is -0.354 e. The Bertz CT molecular complexity index is 1320. The number of halogens is 3. The lowest BCUT2D eigenvalue weighted by molar-refractivity contribution is -0.137. The van der Waals surface area contributed by atoms with Crippen molar-refractivity contribution in [3.05, 3.63) is 89.5 Å². The van der Waals surface area contributed by atoms with Crippen molar-refractivity contribution in [2.75, 3.05) is 43.2 Å². The summed E-state index contributed by atoms with van der Waals surface area (Å²) < 4.78 is 39.6. The number of alkyl halides is 3. The van der Waals surface area contributed by atoms with Crippen LogP contribution in [0.2, 0.25) is 0 Å². The van der Waals surface area contributed by atoms with Crippen LogP contribution in [0.4, 0.5) is 30.2 Å².